The van der Waals surface area contributed by atoms with Gasteiger partial charge in [0.1, 0.15) is 5.75 Å². The quantitative estimate of drug-likeness (QED) is 0.752. The molecule has 4 heteroatoms. The van der Waals surface area contributed by atoms with Gasteiger partial charge in [-0.3, -0.25) is 4.79 Å². The topological polar surface area (TPSA) is 29.5 Å². The first kappa shape index (κ1) is 15.2. The lowest BCUT2D eigenvalue weighted by Gasteiger charge is -2.26. The molecular weight excluding hydrogens is 270 g/mol. The third kappa shape index (κ3) is 4.44. The second-order valence-corrected chi connectivity index (χ2v) is 6.21. The van der Waals surface area contributed by atoms with Gasteiger partial charge in [0, 0.05) is 30.2 Å². The number of carbonyl (C=O) groups excluding carboxylic acids is 1. The van der Waals surface area contributed by atoms with E-state index in [1.807, 2.05) is 40.9 Å². The van der Waals surface area contributed by atoms with Crippen molar-refractivity contribution in [3.05, 3.63) is 29.8 Å². The number of nitrogens with zero attached hydrogens (tertiary/aromatic N) is 1. The Morgan fingerprint density at radius 1 is 1.20 bits per heavy atom. The molecule has 110 valence electrons. The molecule has 0 aliphatic carbocycles. The minimum atomic E-state index is 0.142. The van der Waals surface area contributed by atoms with Gasteiger partial charge in [-0.25, -0.2) is 0 Å². The Morgan fingerprint density at radius 3 is 2.55 bits per heavy atom. The molecule has 3 nitrogen and oxygen atoms in total. The summed E-state index contributed by atoms with van der Waals surface area (Å²) in [5.74, 6) is 3.09. The van der Waals surface area contributed by atoms with Crippen molar-refractivity contribution in [1.82, 2.24) is 4.90 Å². The summed E-state index contributed by atoms with van der Waals surface area (Å²) in [6.45, 7) is 4.65. The molecule has 0 aromatic heterocycles. The fourth-order valence-corrected chi connectivity index (χ4v) is 3.09. The van der Waals surface area contributed by atoms with Gasteiger partial charge in [-0.05, 0) is 30.7 Å². The van der Waals surface area contributed by atoms with Crippen molar-refractivity contribution in [3.63, 3.8) is 0 Å². The lowest BCUT2D eigenvalue weighted by atomic mass is 10.2. The van der Waals surface area contributed by atoms with Crippen molar-refractivity contribution in [1.29, 1.82) is 0 Å². The van der Waals surface area contributed by atoms with Gasteiger partial charge >= 0.3 is 0 Å². The largest absolute Gasteiger partial charge is 0.494 e. The summed E-state index contributed by atoms with van der Waals surface area (Å²) in [6.07, 6.45) is 3.48. The number of amides is 1. The number of hydrogen-bond acceptors (Lipinski definition) is 3. The Balaban J connectivity index is 1.85. The number of benzene rings is 1. The highest BCUT2D eigenvalue weighted by molar-refractivity contribution is 7.99. The first-order valence-corrected chi connectivity index (χ1v) is 8.56. The van der Waals surface area contributed by atoms with E-state index in [0.717, 1.165) is 48.9 Å². The maximum Gasteiger partial charge on any atom is 0.253 e. The van der Waals surface area contributed by atoms with E-state index in [2.05, 4.69) is 6.92 Å². The molecule has 1 saturated heterocycles. The van der Waals surface area contributed by atoms with Crippen molar-refractivity contribution >= 4 is 17.7 Å². The van der Waals surface area contributed by atoms with Crippen LogP contribution in [0.3, 0.4) is 0 Å². The van der Waals surface area contributed by atoms with E-state index in [4.69, 9.17) is 4.74 Å². The SMILES string of the molecule is CCCCCOc1ccc(C(=O)N2CCSCC2)cc1. The van der Waals surface area contributed by atoms with Gasteiger partial charge < -0.3 is 9.64 Å². The molecule has 1 aliphatic rings. The third-order valence-corrected chi connectivity index (χ3v) is 4.36. The van der Waals surface area contributed by atoms with Gasteiger partial charge in [-0.15, -0.1) is 0 Å². The van der Waals surface area contributed by atoms with Gasteiger partial charge in [0.25, 0.3) is 5.91 Å². The lowest BCUT2D eigenvalue weighted by Crippen LogP contribution is -2.37. The van der Waals surface area contributed by atoms with Crippen LogP contribution in [0.1, 0.15) is 36.5 Å². The molecule has 0 radical (unpaired) electrons. The number of ether oxygens (including phenoxy) is 1. The smallest absolute Gasteiger partial charge is 0.253 e. The van der Waals surface area contributed by atoms with Crippen molar-refractivity contribution in [3.8, 4) is 5.75 Å². The highest BCUT2D eigenvalue weighted by atomic mass is 32.2. The molecule has 1 aliphatic heterocycles. The van der Waals surface area contributed by atoms with E-state index in [9.17, 15) is 4.79 Å². The normalized spacial score (nSPS) is 15.2. The summed E-state index contributed by atoms with van der Waals surface area (Å²) in [6, 6.07) is 7.55. The third-order valence-electron chi connectivity index (χ3n) is 3.42. The monoisotopic (exact) mass is 293 g/mol. The Hall–Kier alpha value is -1.16. The summed E-state index contributed by atoms with van der Waals surface area (Å²) < 4.78 is 5.66. The van der Waals surface area contributed by atoms with Crippen LogP contribution in [-0.4, -0.2) is 42.0 Å². The maximum absolute atomic E-state index is 12.3. The van der Waals surface area contributed by atoms with Crippen molar-refractivity contribution < 1.29 is 9.53 Å². The van der Waals surface area contributed by atoms with Gasteiger partial charge in [-0.1, -0.05) is 19.8 Å². The van der Waals surface area contributed by atoms with Crippen molar-refractivity contribution in [2.75, 3.05) is 31.2 Å². The number of thioether (sulfide) groups is 1. The minimum absolute atomic E-state index is 0.142. The van der Waals surface area contributed by atoms with E-state index in [1.165, 1.54) is 12.8 Å². The number of carbonyl (C=O) groups is 1. The Morgan fingerprint density at radius 2 is 1.90 bits per heavy atom. The second kappa shape index (κ2) is 8.20. The summed E-state index contributed by atoms with van der Waals surface area (Å²) >= 11 is 1.91. The highest BCUT2D eigenvalue weighted by Crippen LogP contribution is 2.16. The van der Waals surface area contributed by atoms with Crippen LogP contribution in [-0.2, 0) is 0 Å². The van der Waals surface area contributed by atoms with Crippen LogP contribution in [0.5, 0.6) is 5.75 Å². The van der Waals surface area contributed by atoms with Crippen LogP contribution in [0.25, 0.3) is 0 Å². The predicted octanol–water partition coefficient (Wildman–Crippen LogP) is 3.44. The maximum atomic E-state index is 12.3. The molecule has 0 unspecified atom stereocenters. The molecule has 20 heavy (non-hydrogen) atoms. The summed E-state index contributed by atoms with van der Waals surface area (Å²) in [4.78, 5) is 14.2. The van der Waals surface area contributed by atoms with Crippen LogP contribution in [0, 0.1) is 0 Å². The Bertz CT molecular complexity index is 413. The van der Waals surface area contributed by atoms with Crippen LogP contribution < -0.4 is 4.74 Å². The van der Waals surface area contributed by atoms with Crippen LogP contribution in [0.4, 0.5) is 0 Å². The summed E-state index contributed by atoms with van der Waals surface area (Å²) in [5, 5.41) is 0. The molecule has 1 heterocycles. The van der Waals surface area contributed by atoms with Gasteiger partial charge in [-0.2, -0.15) is 11.8 Å². The van der Waals surface area contributed by atoms with Crippen molar-refractivity contribution in [2.45, 2.75) is 26.2 Å². The summed E-state index contributed by atoms with van der Waals surface area (Å²) in [5.41, 5.74) is 0.762. The number of hydrogen-bond donors (Lipinski definition) is 0. The van der Waals surface area contributed by atoms with Gasteiger partial charge in [0.15, 0.2) is 0 Å². The molecule has 0 N–H and O–H groups in total. The zero-order chi connectivity index (χ0) is 14.2. The Kier molecular flexibility index (Phi) is 6.25. The van der Waals surface area contributed by atoms with Crippen LogP contribution in [0.2, 0.25) is 0 Å². The van der Waals surface area contributed by atoms with E-state index < -0.39 is 0 Å². The molecule has 1 aromatic rings. The first-order valence-electron chi connectivity index (χ1n) is 7.41. The molecule has 0 bridgehead atoms. The standard InChI is InChI=1S/C16H23NO2S/c1-2-3-4-11-19-15-7-5-14(6-8-15)16(18)17-9-12-20-13-10-17/h5-8H,2-4,9-13H2,1H3. The van der Waals surface area contributed by atoms with Crippen LogP contribution in [0.15, 0.2) is 24.3 Å². The molecule has 0 saturated carbocycles. The molecule has 2 rings (SSSR count). The van der Waals surface area contributed by atoms with Crippen molar-refractivity contribution in [2.24, 2.45) is 0 Å². The molecular formula is C16H23NO2S. The molecule has 1 amide bonds. The second-order valence-electron chi connectivity index (χ2n) is 4.98. The van der Waals surface area contributed by atoms with E-state index in [0.29, 0.717) is 0 Å². The Labute approximate surface area is 125 Å². The highest BCUT2D eigenvalue weighted by Gasteiger charge is 2.18. The lowest BCUT2D eigenvalue weighted by molar-refractivity contribution is 0.0772. The number of unbranched alkanes of at least 4 members (excludes halogenated alkanes) is 2. The number of rotatable bonds is 6. The molecule has 0 spiro atoms. The van der Waals surface area contributed by atoms with Crippen LogP contribution >= 0.6 is 11.8 Å². The minimum Gasteiger partial charge on any atom is -0.494 e. The zero-order valence-corrected chi connectivity index (χ0v) is 13.0. The first-order chi connectivity index (χ1) is 9.81. The predicted molar refractivity (Wildman–Crippen MR) is 84.7 cm³/mol. The van der Waals surface area contributed by atoms with Gasteiger partial charge in [0.2, 0.25) is 0 Å². The van der Waals surface area contributed by atoms with E-state index >= 15 is 0 Å². The van der Waals surface area contributed by atoms with E-state index in [-0.39, 0.29) is 5.91 Å². The average molecular weight is 293 g/mol. The van der Waals surface area contributed by atoms with E-state index in [1.54, 1.807) is 0 Å². The zero-order valence-electron chi connectivity index (χ0n) is 12.1. The van der Waals surface area contributed by atoms with Gasteiger partial charge in [0.05, 0.1) is 6.61 Å². The summed E-state index contributed by atoms with van der Waals surface area (Å²) in [7, 11) is 0. The molecule has 1 fully saturated rings. The molecule has 1 aromatic carbocycles. The molecule has 0 atom stereocenters. The fraction of sp³-hybridized carbons (Fsp3) is 0.562. The average Bonchev–Trinajstić information content (AvgIpc) is 2.52. The fourth-order valence-electron chi connectivity index (χ4n) is 2.18.